The van der Waals surface area contributed by atoms with Crippen molar-refractivity contribution in [2.45, 2.75) is 19.9 Å². The van der Waals surface area contributed by atoms with Gasteiger partial charge in [0.1, 0.15) is 10.3 Å². The van der Waals surface area contributed by atoms with Gasteiger partial charge in [-0.1, -0.05) is 30.1 Å². The fourth-order valence-electron chi connectivity index (χ4n) is 2.39. The van der Waals surface area contributed by atoms with Crippen molar-refractivity contribution in [1.29, 1.82) is 0 Å². The number of hydrogen-bond donors (Lipinski definition) is 0. The van der Waals surface area contributed by atoms with E-state index >= 15 is 0 Å². The van der Waals surface area contributed by atoms with Crippen molar-refractivity contribution in [2.24, 2.45) is 0 Å². The maximum atomic E-state index is 12.4. The van der Waals surface area contributed by atoms with E-state index in [0.717, 1.165) is 19.6 Å². The molecule has 1 aromatic heterocycles. The lowest BCUT2D eigenvalue weighted by molar-refractivity contribution is 0.0528. The predicted octanol–water partition coefficient (Wildman–Crippen LogP) is 2.55. The molecule has 1 aliphatic rings. The smallest absolute Gasteiger partial charge is 0.257 e. The Hall–Kier alpha value is -0.840. The van der Waals surface area contributed by atoms with Gasteiger partial charge >= 0.3 is 0 Å². The van der Waals surface area contributed by atoms with Gasteiger partial charge in [0.25, 0.3) is 5.91 Å². The summed E-state index contributed by atoms with van der Waals surface area (Å²) in [5, 5.41) is 0.466. The normalized spacial score (nSPS) is 20.6. The summed E-state index contributed by atoms with van der Waals surface area (Å²) in [5.74, 6) is -0.0724. The molecule has 1 aliphatic heterocycles. The van der Waals surface area contributed by atoms with Crippen LogP contribution < -0.4 is 0 Å². The van der Waals surface area contributed by atoms with Crippen LogP contribution in [0.15, 0.2) is 12.1 Å². The van der Waals surface area contributed by atoms with Gasteiger partial charge in [-0.2, -0.15) is 0 Å². The van der Waals surface area contributed by atoms with Crippen LogP contribution in [0.3, 0.4) is 0 Å². The molecule has 0 bridgehead atoms. The predicted molar refractivity (Wildman–Crippen MR) is 76.9 cm³/mol. The highest BCUT2D eigenvalue weighted by molar-refractivity contribution is 6.34. The fourth-order valence-corrected chi connectivity index (χ4v) is 2.82. The molecule has 0 N–H and O–H groups in total. The Morgan fingerprint density at radius 2 is 2.16 bits per heavy atom. The molecule has 2 heterocycles. The third kappa shape index (κ3) is 3.19. The molecule has 1 amide bonds. The van der Waals surface area contributed by atoms with Gasteiger partial charge in [0.2, 0.25) is 0 Å². The minimum absolute atomic E-state index is 0.0724. The van der Waals surface area contributed by atoms with Gasteiger partial charge in [0.05, 0.1) is 5.56 Å². The first kappa shape index (κ1) is 14.6. The van der Waals surface area contributed by atoms with E-state index in [-0.39, 0.29) is 11.1 Å². The van der Waals surface area contributed by atoms with Gasteiger partial charge in [-0.25, -0.2) is 4.98 Å². The summed E-state index contributed by atoms with van der Waals surface area (Å²) in [6, 6.07) is 3.59. The zero-order chi connectivity index (χ0) is 14.0. The molecule has 19 heavy (non-hydrogen) atoms. The van der Waals surface area contributed by atoms with Gasteiger partial charge in [0, 0.05) is 25.7 Å². The van der Waals surface area contributed by atoms with Gasteiger partial charge in [0.15, 0.2) is 0 Å². The van der Waals surface area contributed by atoms with Gasteiger partial charge in [-0.05, 0) is 25.6 Å². The van der Waals surface area contributed by atoms with E-state index in [2.05, 4.69) is 23.7 Å². The lowest BCUT2D eigenvalue weighted by Crippen LogP contribution is -2.53. The Kier molecular flexibility index (Phi) is 4.66. The molecule has 1 unspecified atom stereocenters. The first-order chi connectivity index (χ1) is 9.02. The van der Waals surface area contributed by atoms with E-state index in [1.165, 1.54) is 0 Å². The zero-order valence-electron chi connectivity index (χ0n) is 11.1. The molecule has 1 fully saturated rings. The van der Waals surface area contributed by atoms with Crippen LogP contribution in [0.4, 0.5) is 0 Å². The average molecular weight is 302 g/mol. The molecule has 0 saturated carbocycles. The number of hydrogen-bond acceptors (Lipinski definition) is 3. The Morgan fingerprint density at radius 1 is 1.42 bits per heavy atom. The molecular weight excluding hydrogens is 285 g/mol. The highest BCUT2D eigenvalue weighted by Gasteiger charge is 2.27. The summed E-state index contributed by atoms with van der Waals surface area (Å²) in [7, 11) is 0. The van der Waals surface area contributed by atoms with Crippen LogP contribution in [0.5, 0.6) is 0 Å². The first-order valence-electron chi connectivity index (χ1n) is 6.38. The summed E-state index contributed by atoms with van der Waals surface area (Å²) in [5.41, 5.74) is 0.420. The molecular formula is C13H17Cl2N3O. The van der Waals surface area contributed by atoms with Crippen molar-refractivity contribution in [1.82, 2.24) is 14.8 Å². The molecule has 1 atom stereocenters. The highest BCUT2D eigenvalue weighted by atomic mass is 35.5. The molecule has 0 aromatic carbocycles. The van der Waals surface area contributed by atoms with Crippen LogP contribution in [0, 0.1) is 0 Å². The van der Waals surface area contributed by atoms with Crippen molar-refractivity contribution in [3.8, 4) is 0 Å². The minimum atomic E-state index is -0.0724. The standard InChI is InChI=1S/C13H17Cl2N3O/c1-3-17-6-7-18(8-9(17)2)13(19)10-4-5-11(14)16-12(10)15/h4-5,9H,3,6-8H2,1-2H3. The van der Waals surface area contributed by atoms with E-state index in [1.54, 1.807) is 12.1 Å². The summed E-state index contributed by atoms with van der Waals surface area (Å²) < 4.78 is 0. The second-order valence-electron chi connectivity index (χ2n) is 4.70. The molecule has 104 valence electrons. The van der Waals surface area contributed by atoms with Crippen LogP contribution in [0.1, 0.15) is 24.2 Å². The molecule has 6 heteroatoms. The lowest BCUT2D eigenvalue weighted by Gasteiger charge is -2.39. The summed E-state index contributed by atoms with van der Waals surface area (Å²) in [4.78, 5) is 20.5. The summed E-state index contributed by atoms with van der Waals surface area (Å²) >= 11 is 11.7. The quantitative estimate of drug-likeness (QED) is 0.788. The fraction of sp³-hybridized carbons (Fsp3) is 0.538. The second kappa shape index (κ2) is 6.07. The van der Waals surface area contributed by atoms with Crippen molar-refractivity contribution in [3.05, 3.63) is 28.0 Å². The van der Waals surface area contributed by atoms with Crippen LogP contribution in [-0.2, 0) is 0 Å². The van der Waals surface area contributed by atoms with Crippen LogP contribution >= 0.6 is 23.2 Å². The number of nitrogens with zero attached hydrogens (tertiary/aromatic N) is 3. The molecule has 2 rings (SSSR count). The van der Waals surface area contributed by atoms with Crippen molar-refractivity contribution in [2.75, 3.05) is 26.2 Å². The van der Waals surface area contributed by atoms with Crippen molar-refractivity contribution in [3.63, 3.8) is 0 Å². The zero-order valence-corrected chi connectivity index (χ0v) is 12.6. The third-order valence-electron chi connectivity index (χ3n) is 3.50. The largest absolute Gasteiger partial charge is 0.336 e. The maximum Gasteiger partial charge on any atom is 0.257 e. The van der Waals surface area contributed by atoms with Crippen LogP contribution in [0.2, 0.25) is 10.3 Å². The Labute approximate surface area is 123 Å². The maximum absolute atomic E-state index is 12.4. The van der Waals surface area contributed by atoms with Gasteiger partial charge in [-0.3, -0.25) is 9.69 Å². The topological polar surface area (TPSA) is 36.4 Å². The number of pyridine rings is 1. The molecule has 4 nitrogen and oxygen atoms in total. The average Bonchev–Trinajstić information content (AvgIpc) is 2.38. The Bertz CT molecular complexity index is 481. The summed E-state index contributed by atoms with van der Waals surface area (Å²) in [6.07, 6.45) is 0. The number of halogens is 2. The number of carbonyl (C=O) groups excluding carboxylic acids is 1. The van der Waals surface area contributed by atoms with Crippen LogP contribution in [0.25, 0.3) is 0 Å². The Balaban J connectivity index is 2.12. The minimum Gasteiger partial charge on any atom is -0.336 e. The first-order valence-corrected chi connectivity index (χ1v) is 7.14. The molecule has 0 radical (unpaired) electrons. The van der Waals surface area contributed by atoms with E-state index in [9.17, 15) is 4.79 Å². The third-order valence-corrected chi connectivity index (χ3v) is 4.00. The van der Waals surface area contributed by atoms with E-state index in [4.69, 9.17) is 23.2 Å². The number of rotatable bonds is 2. The van der Waals surface area contributed by atoms with E-state index in [0.29, 0.717) is 23.3 Å². The SMILES string of the molecule is CCN1CCN(C(=O)c2ccc(Cl)nc2Cl)CC1C. The van der Waals surface area contributed by atoms with Crippen molar-refractivity contribution < 1.29 is 4.79 Å². The number of amides is 1. The van der Waals surface area contributed by atoms with E-state index in [1.807, 2.05) is 4.90 Å². The van der Waals surface area contributed by atoms with E-state index < -0.39 is 0 Å². The second-order valence-corrected chi connectivity index (χ2v) is 5.45. The summed E-state index contributed by atoms with van der Waals surface area (Å²) in [6.45, 7) is 7.59. The molecule has 0 spiro atoms. The molecule has 1 aromatic rings. The van der Waals surface area contributed by atoms with Crippen LogP contribution in [-0.4, -0.2) is 52.9 Å². The van der Waals surface area contributed by atoms with Crippen molar-refractivity contribution >= 4 is 29.1 Å². The van der Waals surface area contributed by atoms with Gasteiger partial charge in [-0.15, -0.1) is 0 Å². The molecule has 0 aliphatic carbocycles. The number of carbonyl (C=O) groups is 1. The molecule has 1 saturated heterocycles. The number of likely N-dealkylation sites (N-methyl/N-ethyl adjacent to an activating group) is 1. The monoisotopic (exact) mass is 301 g/mol. The Morgan fingerprint density at radius 3 is 2.74 bits per heavy atom. The van der Waals surface area contributed by atoms with Gasteiger partial charge < -0.3 is 4.90 Å². The lowest BCUT2D eigenvalue weighted by atomic mass is 10.1. The highest BCUT2D eigenvalue weighted by Crippen LogP contribution is 2.20. The number of piperazine rings is 1. The number of aromatic nitrogens is 1.